The number of amides is 2. The molecule has 5 atom stereocenters. The van der Waals surface area contributed by atoms with Gasteiger partial charge in [-0.15, -0.1) is 0 Å². The second-order valence-electron chi connectivity index (χ2n) is 19.9. The maximum absolute atomic E-state index is 14.0. The Balaban J connectivity index is 1.23. The highest BCUT2D eigenvalue weighted by Gasteiger charge is 2.37. The second-order valence-corrected chi connectivity index (χ2v) is 19.9. The number of methoxy groups -OCH3 is 1. The number of nitrogens with zero attached hydrogens (tertiary/aromatic N) is 6. The van der Waals surface area contributed by atoms with E-state index in [1.54, 1.807) is 27.9 Å². The Labute approximate surface area is 378 Å². The first kappa shape index (κ1) is 47.5. The molecular weight excluding hydrogens is 817 g/mol. The molecular formula is C48H72N8O8. The standard InChI is InChI=1S/C48H72N8O8/c1-9-55-41-16-15-32(54-21-22-63-35(29-54)25-40(50-46(61)64-47(3,4)5)44(58)56-18-12-14-39(51-56)45(59)60)23-36(41)38(26-48(6,7)30-57)43(55)37-24-34(27-49-42(37)31(2)62-8)53-20-19-52-17-11-10-13-33(52)28-53/h15-16,23-24,27,31,33,35,39-40,51,57H,9-14,17-22,25-26,28-30H2,1-8H3,(H,50,61)(H,59,60)/t31?,33-,35+,39+,40?/m1/s1. The lowest BCUT2D eigenvalue weighted by molar-refractivity contribution is -0.148. The summed E-state index contributed by atoms with van der Waals surface area (Å²) in [6.45, 7) is 20.4. The average Bonchev–Trinajstić information content (AvgIpc) is 3.58. The van der Waals surface area contributed by atoms with E-state index in [1.165, 1.54) is 30.8 Å². The molecule has 16 heteroatoms. The number of carboxylic acid groups (broad SMARTS) is 1. The van der Waals surface area contributed by atoms with Gasteiger partial charge in [0.2, 0.25) is 0 Å². The number of aliphatic hydroxyl groups is 1. The van der Waals surface area contributed by atoms with Crippen molar-refractivity contribution in [3.8, 4) is 11.3 Å². The van der Waals surface area contributed by atoms with E-state index < -0.39 is 47.2 Å². The number of fused-ring (bicyclic) bond motifs is 2. The number of carbonyl (C=O) groups is 3. The van der Waals surface area contributed by atoms with Gasteiger partial charge in [0.25, 0.3) is 5.91 Å². The molecule has 7 rings (SSSR count). The summed E-state index contributed by atoms with van der Waals surface area (Å²) < 4.78 is 20.2. The lowest BCUT2D eigenvalue weighted by Gasteiger charge is -2.45. The van der Waals surface area contributed by atoms with Crippen LogP contribution in [0.15, 0.2) is 30.5 Å². The molecule has 0 radical (unpaired) electrons. The van der Waals surface area contributed by atoms with Crippen molar-refractivity contribution in [2.45, 2.75) is 136 Å². The minimum atomic E-state index is -1.04. The molecule has 4 saturated heterocycles. The highest BCUT2D eigenvalue weighted by Crippen LogP contribution is 2.43. The zero-order chi connectivity index (χ0) is 45.9. The molecule has 4 N–H and O–H groups in total. The fraction of sp³-hybridized carbons (Fsp3) is 0.667. The van der Waals surface area contributed by atoms with E-state index in [9.17, 15) is 24.6 Å². The minimum Gasteiger partial charge on any atom is -0.480 e. The fourth-order valence-corrected chi connectivity index (χ4v) is 9.95. The average molecular weight is 889 g/mol. The van der Waals surface area contributed by atoms with E-state index in [0.717, 1.165) is 71.0 Å². The molecule has 4 aliphatic rings. The van der Waals surface area contributed by atoms with Crippen molar-refractivity contribution in [3.63, 3.8) is 0 Å². The normalized spacial score (nSPS) is 22.3. The van der Waals surface area contributed by atoms with Crippen molar-refractivity contribution >= 4 is 40.2 Å². The number of hydrogen-bond donors (Lipinski definition) is 4. The second kappa shape index (κ2) is 19.9. The number of ether oxygens (including phenoxy) is 3. The van der Waals surface area contributed by atoms with Gasteiger partial charge in [-0.05, 0) is 109 Å². The number of aliphatic carboxylic acids is 1. The monoisotopic (exact) mass is 889 g/mol. The number of carbonyl (C=O) groups excluding carboxylic acids is 2. The highest BCUT2D eigenvalue weighted by molar-refractivity contribution is 5.95. The number of carboxylic acids is 1. The summed E-state index contributed by atoms with van der Waals surface area (Å²) in [5, 5.41) is 25.6. The molecule has 1 aromatic carbocycles. The van der Waals surface area contributed by atoms with Gasteiger partial charge in [0, 0.05) is 94.1 Å². The summed E-state index contributed by atoms with van der Waals surface area (Å²) in [6.07, 6.45) is 6.03. The Hall–Kier alpha value is -4.48. The van der Waals surface area contributed by atoms with Gasteiger partial charge in [-0.1, -0.05) is 20.3 Å². The molecule has 64 heavy (non-hydrogen) atoms. The van der Waals surface area contributed by atoms with Crippen molar-refractivity contribution in [3.05, 3.63) is 41.7 Å². The number of alkyl carbamates (subject to hydrolysis) is 1. The number of hydrogen-bond acceptors (Lipinski definition) is 12. The first-order valence-corrected chi connectivity index (χ1v) is 23.4. The molecule has 6 heterocycles. The van der Waals surface area contributed by atoms with E-state index in [-0.39, 0.29) is 19.1 Å². The molecule has 0 bridgehead atoms. The molecule has 2 unspecified atom stereocenters. The quantitative estimate of drug-likeness (QED) is 0.155. The van der Waals surface area contributed by atoms with Gasteiger partial charge in [0.05, 0.1) is 42.1 Å². The lowest BCUT2D eigenvalue weighted by Crippen LogP contribution is -2.61. The molecule has 2 aromatic heterocycles. The van der Waals surface area contributed by atoms with Gasteiger partial charge in [-0.3, -0.25) is 24.5 Å². The van der Waals surface area contributed by atoms with Gasteiger partial charge in [0.15, 0.2) is 0 Å². The van der Waals surface area contributed by atoms with E-state index in [2.05, 4.69) is 75.0 Å². The van der Waals surface area contributed by atoms with E-state index in [1.807, 2.05) is 13.1 Å². The zero-order valence-electron chi connectivity index (χ0n) is 39.3. The summed E-state index contributed by atoms with van der Waals surface area (Å²) in [5.41, 5.74) is 8.98. The molecule has 352 valence electrons. The predicted octanol–water partition coefficient (Wildman–Crippen LogP) is 5.73. The van der Waals surface area contributed by atoms with Gasteiger partial charge >= 0.3 is 12.1 Å². The first-order valence-electron chi connectivity index (χ1n) is 23.4. The number of aliphatic hydroxyl groups excluding tert-OH is 1. The molecule has 4 aliphatic heterocycles. The number of morpholine rings is 1. The van der Waals surface area contributed by atoms with Crippen molar-refractivity contribution in [1.29, 1.82) is 0 Å². The summed E-state index contributed by atoms with van der Waals surface area (Å²) in [7, 11) is 1.73. The van der Waals surface area contributed by atoms with Crippen LogP contribution in [-0.2, 0) is 36.8 Å². The van der Waals surface area contributed by atoms with E-state index in [4.69, 9.17) is 19.2 Å². The Morgan fingerprint density at radius 1 is 0.984 bits per heavy atom. The number of hydrazine groups is 1. The number of aryl methyl sites for hydroxylation is 1. The third kappa shape index (κ3) is 10.8. The Morgan fingerprint density at radius 2 is 1.77 bits per heavy atom. The van der Waals surface area contributed by atoms with Gasteiger partial charge in [-0.2, -0.15) is 0 Å². The van der Waals surface area contributed by atoms with Crippen molar-refractivity contribution in [2.24, 2.45) is 5.41 Å². The number of rotatable bonds is 14. The number of pyridine rings is 1. The van der Waals surface area contributed by atoms with Crippen LogP contribution in [0.5, 0.6) is 0 Å². The molecule has 4 fully saturated rings. The fourth-order valence-electron chi connectivity index (χ4n) is 9.95. The van der Waals surface area contributed by atoms with Crippen LogP contribution in [0.4, 0.5) is 16.2 Å². The van der Waals surface area contributed by atoms with E-state index in [0.29, 0.717) is 51.5 Å². The topological polar surface area (TPSA) is 174 Å². The van der Waals surface area contributed by atoms with Crippen LogP contribution in [0.1, 0.15) is 104 Å². The Morgan fingerprint density at radius 3 is 2.48 bits per heavy atom. The summed E-state index contributed by atoms with van der Waals surface area (Å²) in [6, 6.07) is 7.52. The number of piperidine rings is 1. The smallest absolute Gasteiger partial charge is 0.408 e. The number of aromatic nitrogens is 2. The van der Waals surface area contributed by atoms with Crippen LogP contribution < -0.4 is 20.5 Å². The van der Waals surface area contributed by atoms with Crippen molar-refractivity contribution < 1.29 is 38.8 Å². The van der Waals surface area contributed by atoms with Gasteiger partial charge in [0.1, 0.15) is 17.7 Å². The van der Waals surface area contributed by atoms with Crippen LogP contribution in [0.3, 0.4) is 0 Å². The third-order valence-corrected chi connectivity index (χ3v) is 13.4. The lowest BCUT2D eigenvalue weighted by atomic mass is 9.84. The number of nitrogens with one attached hydrogen (secondary N) is 2. The molecule has 2 amide bonds. The van der Waals surface area contributed by atoms with Crippen molar-refractivity contribution in [2.75, 3.05) is 75.9 Å². The molecule has 0 spiro atoms. The van der Waals surface area contributed by atoms with Gasteiger partial charge < -0.3 is 44.1 Å². The molecule has 0 saturated carbocycles. The van der Waals surface area contributed by atoms with Gasteiger partial charge in [-0.25, -0.2) is 10.2 Å². The first-order chi connectivity index (χ1) is 30.5. The van der Waals surface area contributed by atoms with Crippen LogP contribution in [0.25, 0.3) is 22.2 Å². The zero-order valence-corrected chi connectivity index (χ0v) is 39.3. The third-order valence-electron chi connectivity index (χ3n) is 13.4. The Kier molecular flexibility index (Phi) is 14.8. The maximum atomic E-state index is 14.0. The minimum absolute atomic E-state index is 0.0164. The number of anilines is 2. The van der Waals surface area contributed by atoms with Crippen LogP contribution in [-0.4, -0.2) is 144 Å². The molecule has 16 nitrogen and oxygen atoms in total. The number of benzene rings is 1. The maximum Gasteiger partial charge on any atom is 0.408 e. The molecule has 3 aromatic rings. The van der Waals surface area contributed by atoms with Crippen LogP contribution in [0.2, 0.25) is 0 Å². The Bertz CT molecular complexity index is 2140. The number of piperazine rings is 1. The summed E-state index contributed by atoms with van der Waals surface area (Å²) in [4.78, 5) is 51.6. The molecule has 0 aliphatic carbocycles. The largest absolute Gasteiger partial charge is 0.480 e. The summed E-state index contributed by atoms with van der Waals surface area (Å²) in [5.74, 6) is -1.48. The summed E-state index contributed by atoms with van der Waals surface area (Å²) >= 11 is 0. The van der Waals surface area contributed by atoms with Crippen LogP contribution >= 0.6 is 0 Å². The predicted molar refractivity (Wildman–Crippen MR) is 247 cm³/mol. The SMILES string of the molecule is CCn1c(-c2cc(N3CCN4CCCC[C@@H]4C3)cnc2C(C)OC)c(CC(C)(C)CO)c2cc(N3CCO[C@@H](CC(NC(=O)OC(C)(C)C)C(=O)N4CCC[C@@H](C(=O)O)N4)C3)ccc21. The highest BCUT2D eigenvalue weighted by atomic mass is 16.6. The van der Waals surface area contributed by atoms with Crippen LogP contribution in [0, 0.1) is 5.41 Å². The van der Waals surface area contributed by atoms with E-state index >= 15 is 0 Å². The van der Waals surface area contributed by atoms with Crippen molar-refractivity contribution in [1.82, 2.24) is 30.2 Å².